The van der Waals surface area contributed by atoms with Crippen molar-refractivity contribution in [3.8, 4) is 11.3 Å². The van der Waals surface area contributed by atoms with Crippen molar-refractivity contribution >= 4 is 57.4 Å². The number of carbonyl (C=O) groups is 3. The molecule has 2 aromatic rings. The predicted molar refractivity (Wildman–Crippen MR) is 92.2 cm³/mol. The highest BCUT2D eigenvalue weighted by molar-refractivity contribution is 7.14. The summed E-state index contributed by atoms with van der Waals surface area (Å²) >= 11 is 13.2. The van der Waals surface area contributed by atoms with Gasteiger partial charge < -0.3 is 5.32 Å². The molecule has 9 heteroatoms. The largest absolute Gasteiger partial charge is 0.300 e. The number of imide groups is 1. The molecule has 1 aromatic heterocycles. The van der Waals surface area contributed by atoms with Crippen molar-refractivity contribution in [2.24, 2.45) is 0 Å². The molecule has 0 radical (unpaired) electrons. The number of hydrogen-bond acceptors (Lipinski definition) is 5. The van der Waals surface area contributed by atoms with Crippen LogP contribution < -0.4 is 5.32 Å². The molecule has 6 nitrogen and oxygen atoms in total. The number of hydrogen-bond donors (Lipinski definition) is 1. The highest BCUT2D eigenvalue weighted by Crippen LogP contribution is 2.32. The molecule has 0 spiro atoms. The van der Waals surface area contributed by atoms with Crippen LogP contribution in [0.1, 0.15) is 12.8 Å². The Morgan fingerprint density at radius 1 is 1.25 bits per heavy atom. The normalized spacial score (nSPS) is 14.3. The first-order chi connectivity index (χ1) is 11.4. The van der Waals surface area contributed by atoms with E-state index in [2.05, 4.69) is 10.3 Å². The fraction of sp³-hybridized carbons (Fsp3) is 0.200. The van der Waals surface area contributed by atoms with E-state index in [-0.39, 0.29) is 31.2 Å². The maximum absolute atomic E-state index is 12.0. The monoisotopic (exact) mass is 383 g/mol. The Bertz CT molecular complexity index is 821. The molecule has 1 saturated heterocycles. The zero-order chi connectivity index (χ0) is 17.3. The third-order valence-corrected chi connectivity index (χ3v) is 4.72. The Balaban J connectivity index is 1.68. The quantitative estimate of drug-likeness (QED) is 0.822. The van der Waals surface area contributed by atoms with Gasteiger partial charge in [0.25, 0.3) is 0 Å². The van der Waals surface area contributed by atoms with Crippen molar-refractivity contribution in [2.75, 3.05) is 11.9 Å². The Kier molecular flexibility index (Phi) is 4.84. The fourth-order valence-corrected chi connectivity index (χ4v) is 3.49. The van der Waals surface area contributed by atoms with E-state index in [1.54, 1.807) is 23.6 Å². The second-order valence-corrected chi connectivity index (χ2v) is 6.79. The average Bonchev–Trinajstić information content (AvgIpc) is 3.09. The first-order valence-electron chi connectivity index (χ1n) is 6.98. The summed E-state index contributed by atoms with van der Waals surface area (Å²) in [6.45, 7) is -0.297. The van der Waals surface area contributed by atoms with E-state index in [1.165, 1.54) is 11.3 Å². The van der Waals surface area contributed by atoms with Crippen LogP contribution >= 0.6 is 34.5 Å². The van der Waals surface area contributed by atoms with Gasteiger partial charge in [-0.2, -0.15) is 0 Å². The van der Waals surface area contributed by atoms with E-state index in [0.717, 1.165) is 4.90 Å². The lowest BCUT2D eigenvalue weighted by Crippen LogP contribution is -2.36. The third kappa shape index (κ3) is 3.58. The van der Waals surface area contributed by atoms with Gasteiger partial charge in [-0.3, -0.25) is 19.3 Å². The Hall–Kier alpha value is -1.96. The van der Waals surface area contributed by atoms with Gasteiger partial charge in [0.15, 0.2) is 5.13 Å². The summed E-state index contributed by atoms with van der Waals surface area (Å²) in [7, 11) is 0. The van der Waals surface area contributed by atoms with Crippen LogP contribution in [0.15, 0.2) is 23.6 Å². The summed E-state index contributed by atoms with van der Waals surface area (Å²) in [6.07, 6.45) is 0.311. The molecule has 3 amide bonds. The molecule has 3 rings (SSSR count). The maximum atomic E-state index is 12.0. The minimum atomic E-state index is -0.471. The van der Waals surface area contributed by atoms with Gasteiger partial charge in [-0.25, -0.2) is 4.98 Å². The van der Waals surface area contributed by atoms with Crippen LogP contribution in [0.25, 0.3) is 11.3 Å². The summed E-state index contributed by atoms with van der Waals surface area (Å²) in [4.78, 5) is 40.3. The molecule has 0 atom stereocenters. The summed E-state index contributed by atoms with van der Waals surface area (Å²) in [5.74, 6) is -1.13. The summed E-state index contributed by atoms with van der Waals surface area (Å²) in [5.41, 5.74) is 1.30. The van der Waals surface area contributed by atoms with Gasteiger partial charge in [-0.1, -0.05) is 23.2 Å². The van der Waals surface area contributed by atoms with Crippen LogP contribution in [0, 0.1) is 0 Å². The van der Waals surface area contributed by atoms with Gasteiger partial charge in [-0.15, -0.1) is 11.3 Å². The lowest BCUT2D eigenvalue weighted by atomic mass is 10.2. The van der Waals surface area contributed by atoms with Crippen molar-refractivity contribution < 1.29 is 14.4 Å². The SMILES string of the molecule is O=C(CN1C(=O)CCC1=O)Nc1nc(-c2ccc(Cl)cc2Cl)cs1. The minimum absolute atomic E-state index is 0.155. The van der Waals surface area contributed by atoms with E-state index in [9.17, 15) is 14.4 Å². The maximum Gasteiger partial charge on any atom is 0.246 e. The predicted octanol–water partition coefficient (Wildman–Crippen LogP) is 3.20. The van der Waals surface area contributed by atoms with E-state index in [4.69, 9.17) is 23.2 Å². The third-order valence-electron chi connectivity index (χ3n) is 3.41. The van der Waals surface area contributed by atoms with Crippen molar-refractivity contribution in [2.45, 2.75) is 12.8 Å². The Morgan fingerprint density at radius 2 is 1.96 bits per heavy atom. The number of halogens is 2. The van der Waals surface area contributed by atoms with Crippen LogP contribution in [-0.4, -0.2) is 34.2 Å². The van der Waals surface area contributed by atoms with Gasteiger partial charge in [0.2, 0.25) is 17.7 Å². The minimum Gasteiger partial charge on any atom is -0.300 e. The molecule has 0 aliphatic carbocycles. The van der Waals surface area contributed by atoms with Crippen LogP contribution in [0.4, 0.5) is 5.13 Å². The van der Waals surface area contributed by atoms with E-state index < -0.39 is 5.91 Å². The highest BCUT2D eigenvalue weighted by atomic mass is 35.5. The number of amides is 3. The Labute approximate surface area is 151 Å². The topological polar surface area (TPSA) is 79.4 Å². The molecule has 24 heavy (non-hydrogen) atoms. The molecule has 1 fully saturated rings. The lowest BCUT2D eigenvalue weighted by molar-refractivity contribution is -0.141. The number of carbonyl (C=O) groups excluding carboxylic acids is 3. The molecule has 0 unspecified atom stereocenters. The molecule has 1 aromatic carbocycles. The van der Waals surface area contributed by atoms with E-state index in [0.29, 0.717) is 26.4 Å². The zero-order valence-corrected chi connectivity index (χ0v) is 14.5. The number of likely N-dealkylation sites (tertiary alicyclic amines) is 1. The second-order valence-electron chi connectivity index (χ2n) is 5.08. The molecule has 1 aliphatic rings. The average molecular weight is 384 g/mol. The number of rotatable bonds is 4. The van der Waals surface area contributed by atoms with E-state index >= 15 is 0 Å². The van der Waals surface area contributed by atoms with Crippen molar-refractivity contribution in [3.05, 3.63) is 33.6 Å². The van der Waals surface area contributed by atoms with Crippen LogP contribution in [-0.2, 0) is 14.4 Å². The summed E-state index contributed by atoms with van der Waals surface area (Å²) in [6, 6.07) is 5.05. The first kappa shape index (κ1) is 16.9. The van der Waals surface area contributed by atoms with Gasteiger partial charge >= 0.3 is 0 Å². The number of thiazole rings is 1. The molecule has 2 heterocycles. The molecular formula is C15H11Cl2N3O3S. The number of benzene rings is 1. The van der Waals surface area contributed by atoms with Crippen LogP contribution in [0.3, 0.4) is 0 Å². The van der Waals surface area contributed by atoms with E-state index in [1.807, 2.05) is 0 Å². The van der Waals surface area contributed by atoms with Crippen molar-refractivity contribution in [1.29, 1.82) is 0 Å². The molecule has 124 valence electrons. The van der Waals surface area contributed by atoms with Gasteiger partial charge in [0, 0.05) is 28.8 Å². The smallest absolute Gasteiger partial charge is 0.246 e. The highest BCUT2D eigenvalue weighted by Gasteiger charge is 2.30. The molecule has 0 saturated carbocycles. The first-order valence-corrected chi connectivity index (χ1v) is 8.61. The summed E-state index contributed by atoms with van der Waals surface area (Å²) < 4.78 is 0. The number of nitrogens with one attached hydrogen (secondary N) is 1. The standard InChI is InChI=1S/C15H11Cl2N3O3S/c16-8-1-2-9(10(17)5-8)11-7-24-15(18-11)19-12(21)6-20-13(22)3-4-14(20)23/h1-2,5,7H,3-4,6H2,(H,18,19,21). The molecule has 0 bridgehead atoms. The lowest BCUT2D eigenvalue weighted by Gasteiger charge is -2.12. The fourth-order valence-electron chi connectivity index (χ4n) is 2.25. The van der Waals surface area contributed by atoms with Crippen LogP contribution in [0.2, 0.25) is 10.0 Å². The zero-order valence-electron chi connectivity index (χ0n) is 12.2. The van der Waals surface area contributed by atoms with Crippen LogP contribution in [0.5, 0.6) is 0 Å². The Morgan fingerprint density at radius 3 is 2.62 bits per heavy atom. The number of anilines is 1. The van der Waals surface area contributed by atoms with Gasteiger partial charge in [0.05, 0.1) is 10.7 Å². The number of nitrogens with zero attached hydrogens (tertiary/aromatic N) is 2. The second kappa shape index (κ2) is 6.88. The molecular weight excluding hydrogens is 373 g/mol. The summed E-state index contributed by atoms with van der Waals surface area (Å²) in [5, 5.41) is 5.67. The molecule has 1 N–H and O–H groups in total. The van der Waals surface area contributed by atoms with Gasteiger partial charge in [0.1, 0.15) is 6.54 Å². The van der Waals surface area contributed by atoms with Gasteiger partial charge in [-0.05, 0) is 18.2 Å². The van der Waals surface area contributed by atoms with Crippen molar-refractivity contribution in [3.63, 3.8) is 0 Å². The number of aromatic nitrogens is 1. The molecule has 1 aliphatic heterocycles. The van der Waals surface area contributed by atoms with Crippen molar-refractivity contribution in [1.82, 2.24) is 9.88 Å².